The Morgan fingerprint density at radius 3 is 2.53 bits per heavy atom. The van der Waals surface area contributed by atoms with Crippen molar-refractivity contribution >= 4 is 29.9 Å². The molecule has 0 atom stereocenters. The van der Waals surface area contributed by atoms with E-state index in [-0.39, 0.29) is 30.8 Å². The molecular formula is C20H30F3IN4O2. The Kier molecular flexibility index (Phi) is 9.79. The average molecular weight is 542 g/mol. The van der Waals surface area contributed by atoms with Gasteiger partial charge in [-0.15, -0.1) is 24.0 Å². The summed E-state index contributed by atoms with van der Waals surface area (Å²) in [6.07, 6.45) is -0.716. The van der Waals surface area contributed by atoms with Gasteiger partial charge < -0.3 is 20.1 Å². The van der Waals surface area contributed by atoms with E-state index in [2.05, 4.69) is 15.6 Å². The molecule has 0 saturated carbocycles. The van der Waals surface area contributed by atoms with Gasteiger partial charge in [0.05, 0.1) is 6.54 Å². The van der Waals surface area contributed by atoms with E-state index >= 15 is 0 Å². The number of aliphatic imine (C=N–C) groups is 1. The van der Waals surface area contributed by atoms with Crippen LogP contribution in [0, 0.1) is 5.92 Å². The van der Waals surface area contributed by atoms with Crippen molar-refractivity contribution in [3.05, 3.63) is 23.8 Å². The largest absolute Gasteiger partial charge is 0.454 e. The molecule has 0 aromatic heterocycles. The maximum atomic E-state index is 12.5. The molecule has 0 bridgehead atoms. The Balaban J connectivity index is 0.00000320. The lowest BCUT2D eigenvalue weighted by atomic mass is 9.93. The first-order chi connectivity index (χ1) is 13.9. The molecule has 10 heteroatoms. The Morgan fingerprint density at radius 1 is 1.13 bits per heavy atom. The lowest BCUT2D eigenvalue weighted by molar-refractivity contribution is -0.148. The quantitative estimate of drug-likeness (QED) is 0.315. The number of alkyl halides is 3. The Labute approximate surface area is 192 Å². The van der Waals surface area contributed by atoms with Crippen molar-refractivity contribution in [1.29, 1.82) is 0 Å². The first-order valence-electron chi connectivity index (χ1n) is 10.0. The molecule has 0 radical (unpaired) electrons. The van der Waals surface area contributed by atoms with Crippen molar-refractivity contribution < 1.29 is 22.6 Å². The number of hydrogen-bond donors (Lipinski definition) is 2. The third-order valence-electron chi connectivity index (χ3n) is 5.32. The SMILES string of the molecule is CN=C(NCCc1ccc2c(c1)OCO2)NCCC1CCN(CC(F)(F)F)CC1.I. The molecule has 2 aliphatic heterocycles. The predicted molar refractivity (Wildman–Crippen MR) is 121 cm³/mol. The number of guanidine groups is 1. The lowest BCUT2D eigenvalue weighted by Crippen LogP contribution is -2.42. The average Bonchev–Trinajstić information content (AvgIpc) is 3.15. The van der Waals surface area contributed by atoms with Crippen molar-refractivity contribution in [2.75, 3.05) is 46.6 Å². The zero-order valence-electron chi connectivity index (χ0n) is 17.1. The molecule has 0 amide bonds. The number of nitrogens with zero attached hydrogens (tertiary/aromatic N) is 2. The first kappa shape index (κ1) is 24.8. The molecule has 1 saturated heterocycles. The maximum Gasteiger partial charge on any atom is 0.401 e. The number of fused-ring (bicyclic) bond motifs is 1. The van der Waals surface area contributed by atoms with Crippen LogP contribution in [0.2, 0.25) is 0 Å². The minimum absolute atomic E-state index is 0. The highest BCUT2D eigenvalue weighted by Gasteiger charge is 2.32. The van der Waals surface area contributed by atoms with Gasteiger partial charge in [0.2, 0.25) is 6.79 Å². The molecule has 0 unspecified atom stereocenters. The van der Waals surface area contributed by atoms with E-state index in [1.54, 1.807) is 7.05 Å². The van der Waals surface area contributed by atoms with Gasteiger partial charge in [-0.3, -0.25) is 9.89 Å². The highest BCUT2D eigenvalue weighted by molar-refractivity contribution is 14.0. The van der Waals surface area contributed by atoms with Crippen LogP contribution in [0.3, 0.4) is 0 Å². The standard InChI is InChI=1S/C20H29F3N4O2.HI/c1-24-19(26-9-5-16-2-3-17-18(12-16)29-14-28-17)25-8-4-15-6-10-27(11-7-15)13-20(21,22)23;/h2-3,12,15H,4-11,13-14H2,1H3,(H2,24,25,26);1H. The monoisotopic (exact) mass is 542 g/mol. The van der Waals surface area contributed by atoms with E-state index in [0.717, 1.165) is 61.8 Å². The molecule has 2 heterocycles. The lowest BCUT2D eigenvalue weighted by Gasteiger charge is -2.32. The minimum atomic E-state index is -4.10. The summed E-state index contributed by atoms with van der Waals surface area (Å²) in [6.45, 7) is 2.01. The summed E-state index contributed by atoms with van der Waals surface area (Å²) in [5.41, 5.74) is 1.16. The second-order valence-corrected chi connectivity index (χ2v) is 7.49. The number of benzene rings is 1. The smallest absolute Gasteiger partial charge is 0.401 e. The number of rotatable bonds is 7. The second kappa shape index (κ2) is 11.8. The fourth-order valence-electron chi connectivity index (χ4n) is 3.72. The third kappa shape index (κ3) is 8.01. The van der Waals surface area contributed by atoms with Crippen LogP contribution in [0.15, 0.2) is 23.2 Å². The topological polar surface area (TPSA) is 58.1 Å². The van der Waals surface area contributed by atoms with Crippen LogP contribution in [-0.4, -0.2) is 63.6 Å². The van der Waals surface area contributed by atoms with Crippen molar-refractivity contribution in [2.24, 2.45) is 10.9 Å². The molecule has 0 spiro atoms. The second-order valence-electron chi connectivity index (χ2n) is 7.49. The normalized spacial score (nSPS) is 17.5. The molecule has 30 heavy (non-hydrogen) atoms. The summed E-state index contributed by atoms with van der Waals surface area (Å²) in [5, 5.41) is 6.58. The van der Waals surface area contributed by atoms with Gasteiger partial charge in [-0.25, -0.2) is 0 Å². The van der Waals surface area contributed by atoms with Crippen LogP contribution in [0.5, 0.6) is 11.5 Å². The fourth-order valence-corrected chi connectivity index (χ4v) is 3.72. The fraction of sp³-hybridized carbons (Fsp3) is 0.650. The Hall–Kier alpha value is -1.43. The number of ether oxygens (including phenoxy) is 2. The molecule has 2 N–H and O–H groups in total. The van der Waals surface area contributed by atoms with Crippen LogP contribution < -0.4 is 20.1 Å². The van der Waals surface area contributed by atoms with Crippen molar-refractivity contribution in [1.82, 2.24) is 15.5 Å². The number of likely N-dealkylation sites (tertiary alicyclic amines) is 1. The molecule has 170 valence electrons. The number of nitrogens with one attached hydrogen (secondary N) is 2. The van der Waals surface area contributed by atoms with Gasteiger partial charge >= 0.3 is 6.18 Å². The summed E-state index contributed by atoms with van der Waals surface area (Å²) in [5.74, 6) is 2.76. The minimum Gasteiger partial charge on any atom is -0.454 e. The summed E-state index contributed by atoms with van der Waals surface area (Å²) >= 11 is 0. The molecular weight excluding hydrogens is 512 g/mol. The van der Waals surface area contributed by atoms with E-state index < -0.39 is 12.7 Å². The molecule has 0 aliphatic carbocycles. The molecule has 1 aromatic rings. The van der Waals surface area contributed by atoms with Gasteiger partial charge in [0.25, 0.3) is 0 Å². The van der Waals surface area contributed by atoms with E-state index in [4.69, 9.17) is 9.47 Å². The van der Waals surface area contributed by atoms with Crippen molar-refractivity contribution in [3.8, 4) is 11.5 Å². The zero-order valence-corrected chi connectivity index (χ0v) is 19.5. The third-order valence-corrected chi connectivity index (χ3v) is 5.32. The van der Waals surface area contributed by atoms with Crippen LogP contribution >= 0.6 is 24.0 Å². The van der Waals surface area contributed by atoms with Crippen LogP contribution in [-0.2, 0) is 6.42 Å². The molecule has 3 rings (SSSR count). The van der Waals surface area contributed by atoms with Crippen LogP contribution in [0.1, 0.15) is 24.8 Å². The van der Waals surface area contributed by atoms with Gasteiger partial charge in [-0.05, 0) is 62.4 Å². The van der Waals surface area contributed by atoms with Crippen LogP contribution in [0.4, 0.5) is 13.2 Å². The summed E-state index contributed by atoms with van der Waals surface area (Å²) in [7, 11) is 1.73. The van der Waals surface area contributed by atoms with E-state index in [0.29, 0.717) is 19.0 Å². The van der Waals surface area contributed by atoms with Crippen molar-refractivity contribution in [2.45, 2.75) is 31.9 Å². The highest BCUT2D eigenvalue weighted by Crippen LogP contribution is 2.32. The van der Waals surface area contributed by atoms with Gasteiger partial charge in [-0.2, -0.15) is 13.2 Å². The highest BCUT2D eigenvalue weighted by atomic mass is 127. The Bertz CT molecular complexity index is 695. The van der Waals surface area contributed by atoms with Crippen molar-refractivity contribution in [3.63, 3.8) is 0 Å². The molecule has 6 nitrogen and oxygen atoms in total. The number of piperidine rings is 1. The maximum absolute atomic E-state index is 12.5. The number of halogens is 4. The molecule has 1 fully saturated rings. The van der Waals surface area contributed by atoms with E-state index in [1.807, 2.05) is 18.2 Å². The van der Waals surface area contributed by atoms with Crippen LogP contribution in [0.25, 0.3) is 0 Å². The Morgan fingerprint density at radius 2 is 1.83 bits per heavy atom. The number of hydrogen-bond acceptors (Lipinski definition) is 4. The summed E-state index contributed by atoms with van der Waals surface area (Å²) in [4.78, 5) is 5.73. The van der Waals surface area contributed by atoms with Gasteiger partial charge in [0.1, 0.15) is 0 Å². The summed E-state index contributed by atoms with van der Waals surface area (Å²) in [6, 6.07) is 5.94. The van der Waals surface area contributed by atoms with Gasteiger partial charge in [-0.1, -0.05) is 6.07 Å². The predicted octanol–water partition coefficient (Wildman–Crippen LogP) is 3.41. The van der Waals surface area contributed by atoms with Gasteiger partial charge in [0.15, 0.2) is 17.5 Å². The zero-order chi connectivity index (χ0) is 20.7. The first-order valence-corrected chi connectivity index (χ1v) is 10.0. The van der Waals surface area contributed by atoms with Gasteiger partial charge in [0, 0.05) is 20.1 Å². The van der Waals surface area contributed by atoms with E-state index in [9.17, 15) is 13.2 Å². The molecule has 1 aromatic carbocycles. The molecule has 2 aliphatic rings. The van der Waals surface area contributed by atoms with E-state index in [1.165, 1.54) is 4.90 Å². The summed E-state index contributed by atoms with van der Waals surface area (Å²) < 4.78 is 48.1.